The van der Waals surface area contributed by atoms with E-state index in [4.69, 9.17) is 0 Å². The number of para-hydroxylation sites is 1. The van der Waals surface area contributed by atoms with Gasteiger partial charge in [-0.15, -0.1) is 11.3 Å². The molecule has 6 nitrogen and oxygen atoms in total. The molecule has 2 heterocycles. The first-order valence-corrected chi connectivity index (χ1v) is 10.9. The Hall–Kier alpha value is -3.06. The van der Waals surface area contributed by atoms with E-state index in [0.717, 1.165) is 28.1 Å². The maximum atomic E-state index is 13.1. The van der Waals surface area contributed by atoms with Crippen LogP contribution in [0.2, 0.25) is 0 Å². The average molecular weight is 422 g/mol. The Morgan fingerprint density at radius 2 is 1.87 bits per heavy atom. The van der Waals surface area contributed by atoms with Crippen molar-refractivity contribution in [1.82, 2.24) is 14.8 Å². The SMILES string of the molecule is CCCCN1C(=O)c2ccc(C(=O)N(C)[C@@H](C)c3nc4ccccc4s3)cc2C1=O. The molecule has 1 aromatic heterocycles. The minimum Gasteiger partial charge on any atom is -0.333 e. The Morgan fingerprint density at radius 1 is 1.13 bits per heavy atom. The first kappa shape index (κ1) is 20.2. The van der Waals surface area contributed by atoms with Gasteiger partial charge in [-0.2, -0.15) is 0 Å². The molecule has 0 fully saturated rings. The molecule has 0 spiro atoms. The number of aromatic nitrogens is 1. The standard InChI is InChI=1S/C23H23N3O3S/c1-4-5-12-26-22(28)16-11-10-15(13-17(16)23(26)29)21(27)25(3)14(2)20-24-18-8-6-7-9-19(18)30-20/h6-11,13-14H,4-5,12H2,1-3H3/t14-/m0/s1. The minimum atomic E-state index is -0.319. The van der Waals surface area contributed by atoms with Gasteiger partial charge in [0.15, 0.2) is 0 Å². The summed E-state index contributed by atoms with van der Waals surface area (Å²) in [5, 5.41) is 0.852. The number of amides is 3. The van der Waals surface area contributed by atoms with Crippen molar-refractivity contribution in [1.29, 1.82) is 0 Å². The highest BCUT2D eigenvalue weighted by Gasteiger charge is 2.36. The molecule has 7 heteroatoms. The molecule has 3 aromatic rings. The maximum Gasteiger partial charge on any atom is 0.261 e. The van der Waals surface area contributed by atoms with Gasteiger partial charge < -0.3 is 4.90 Å². The second-order valence-electron chi connectivity index (χ2n) is 7.49. The minimum absolute atomic E-state index is 0.211. The number of carbonyl (C=O) groups is 3. The summed E-state index contributed by atoms with van der Waals surface area (Å²) in [6.45, 7) is 4.35. The number of unbranched alkanes of at least 4 members (excludes halogenated alkanes) is 1. The molecule has 1 aliphatic rings. The van der Waals surface area contributed by atoms with E-state index in [9.17, 15) is 14.4 Å². The van der Waals surface area contributed by atoms with Crippen LogP contribution in [0.3, 0.4) is 0 Å². The predicted octanol–water partition coefficient (Wildman–Crippen LogP) is 4.53. The largest absolute Gasteiger partial charge is 0.333 e. The number of hydrogen-bond donors (Lipinski definition) is 0. The summed E-state index contributed by atoms with van der Waals surface area (Å²) in [5.41, 5.74) is 1.99. The lowest BCUT2D eigenvalue weighted by molar-refractivity contribution is 0.0651. The monoisotopic (exact) mass is 421 g/mol. The van der Waals surface area contributed by atoms with Crippen LogP contribution in [-0.2, 0) is 0 Å². The molecule has 0 saturated carbocycles. The number of benzene rings is 2. The molecule has 0 saturated heterocycles. The van der Waals surface area contributed by atoms with E-state index in [0.29, 0.717) is 23.2 Å². The van der Waals surface area contributed by atoms with Crippen molar-refractivity contribution in [2.45, 2.75) is 32.7 Å². The van der Waals surface area contributed by atoms with Crippen LogP contribution < -0.4 is 0 Å². The number of rotatable bonds is 6. The normalized spacial score (nSPS) is 14.3. The Labute approximate surface area is 179 Å². The van der Waals surface area contributed by atoms with Gasteiger partial charge in [-0.05, 0) is 43.7 Å². The summed E-state index contributed by atoms with van der Waals surface area (Å²) in [6.07, 6.45) is 1.66. The van der Waals surface area contributed by atoms with Gasteiger partial charge in [0.25, 0.3) is 17.7 Å². The predicted molar refractivity (Wildman–Crippen MR) is 117 cm³/mol. The van der Waals surface area contributed by atoms with E-state index < -0.39 is 0 Å². The first-order chi connectivity index (χ1) is 14.4. The van der Waals surface area contributed by atoms with Gasteiger partial charge >= 0.3 is 0 Å². The van der Waals surface area contributed by atoms with Crippen LogP contribution in [0.25, 0.3) is 10.2 Å². The number of carbonyl (C=O) groups excluding carboxylic acids is 3. The molecular weight excluding hydrogens is 398 g/mol. The molecule has 4 rings (SSSR count). The maximum absolute atomic E-state index is 13.1. The number of thiazole rings is 1. The lowest BCUT2D eigenvalue weighted by atomic mass is 10.0. The highest BCUT2D eigenvalue weighted by molar-refractivity contribution is 7.18. The molecule has 0 N–H and O–H groups in total. The molecule has 0 bridgehead atoms. The molecule has 0 aliphatic carbocycles. The third-order valence-corrected chi connectivity index (χ3v) is 6.73. The molecule has 2 aromatic carbocycles. The van der Waals surface area contributed by atoms with Crippen molar-refractivity contribution >= 4 is 39.3 Å². The van der Waals surface area contributed by atoms with Gasteiger partial charge in [-0.3, -0.25) is 19.3 Å². The second-order valence-corrected chi connectivity index (χ2v) is 8.55. The summed E-state index contributed by atoms with van der Waals surface area (Å²) < 4.78 is 1.08. The van der Waals surface area contributed by atoms with E-state index in [-0.39, 0.29) is 23.8 Å². The van der Waals surface area contributed by atoms with E-state index >= 15 is 0 Å². The summed E-state index contributed by atoms with van der Waals surface area (Å²) in [7, 11) is 1.73. The summed E-state index contributed by atoms with van der Waals surface area (Å²) >= 11 is 1.56. The van der Waals surface area contributed by atoms with Crippen LogP contribution in [0.1, 0.15) is 68.8 Å². The van der Waals surface area contributed by atoms with Crippen molar-refractivity contribution < 1.29 is 14.4 Å². The van der Waals surface area contributed by atoms with Crippen LogP contribution in [0.4, 0.5) is 0 Å². The second kappa shape index (κ2) is 7.99. The summed E-state index contributed by atoms with van der Waals surface area (Å²) in [6, 6.07) is 12.4. The van der Waals surface area contributed by atoms with E-state index in [2.05, 4.69) is 4.98 Å². The zero-order valence-electron chi connectivity index (χ0n) is 17.2. The topological polar surface area (TPSA) is 70.6 Å². The smallest absolute Gasteiger partial charge is 0.261 e. The van der Waals surface area contributed by atoms with Crippen LogP contribution in [0.15, 0.2) is 42.5 Å². The molecule has 154 valence electrons. The highest BCUT2D eigenvalue weighted by Crippen LogP contribution is 2.30. The molecular formula is C23H23N3O3S. The Morgan fingerprint density at radius 3 is 2.60 bits per heavy atom. The van der Waals surface area contributed by atoms with Gasteiger partial charge in [0.2, 0.25) is 0 Å². The van der Waals surface area contributed by atoms with Gasteiger partial charge in [0.05, 0.1) is 27.4 Å². The van der Waals surface area contributed by atoms with E-state index in [1.807, 2.05) is 38.1 Å². The van der Waals surface area contributed by atoms with Crippen molar-refractivity contribution in [3.8, 4) is 0 Å². The molecule has 1 aliphatic heterocycles. The summed E-state index contributed by atoms with van der Waals surface area (Å²) in [4.78, 5) is 45.8. The van der Waals surface area contributed by atoms with E-state index in [1.54, 1.807) is 41.5 Å². The van der Waals surface area contributed by atoms with Gasteiger partial charge in [0.1, 0.15) is 5.01 Å². The van der Waals surface area contributed by atoms with Crippen molar-refractivity contribution in [2.75, 3.05) is 13.6 Å². The van der Waals surface area contributed by atoms with E-state index in [1.165, 1.54) is 4.90 Å². The van der Waals surface area contributed by atoms with Crippen LogP contribution >= 0.6 is 11.3 Å². The molecule has 0 radical (unpaired) electrons. The molecule has 0 unspecified atom stereocenters. The fourth-order valence-corrected chi connectivity index (χ4v) is 4.62. The number of imide groups is 1. The third-order valence-electron chi connectivity index (χ3n) is 5.52. The number of nitrogens with zero attached hydrogens (tertiary/aromatic N) is 3. The zero-order valence-corrected chi connectivity index (χ0v) is 18.0. The van der Waals surface area contributed by atoms with Crippen LogP contribution in [0.5, 0.6) is 0 Å². The fourth-order valence-electron chi connectivity index (χ4n) is 3.56. The Kier molecular flexibility index (Phi) is 5.39. The Bertz CT molecular complexity index is 1120. The molecule has 3 amide bonds. The van der Waals surface area contributed by atoms with Crippen LogP contribution in [0, 0.1) is 0 Å². The first-order valence-electron chi connectivity index (χ1n) is 10.0. The van der Waals surface area contributed by atoms with Crippen molar-refractivity contribution in [3.05, 3.63) is 64.2 Å². The third kappa shape index (κ3) is 3.39. The van der Waals surface area contributed by atoms with Crippen molar-refractivity contribution in [2.24, 2.45) is 0 Å². The lowest BCUT2D eigenvalue weighted by Crippen LogP contribution is -2.30. The van der Waals surface area contributed by atoms with Crippen molar-refractivity contribution in [3.63, 3.8) is 0 Å². The quantitative estimate of drug-likeness (QED) is 0.549. The highest BCUT2D eigenvalue weighted by atomic mass is 32.1. The van der Waals surface area contributed by atoms with Gasteiger partial charge in [0, 0.05) is 19.2 Å². The molecule has 1 atom stereocenters. The fraction of sp³-hybridized carbons (Fsp3) is 0.304. The average Bonchev–Trinajstić information content (AvgIpc) is 3.30. The number of fused-ring (bicyclic) bond motifs is 2. The van der Waals surface area contributed by atoms with Crippen LogP contribution in [-0.4, -0.2) is 46.1 Å². The van der Waals surface area contributed by atoms with Gasteiger partial charge in [-0.25, -0.2) is 4.98 Å². The Balaban J connectivity index is 1.57. The van der Waals surface area contributed by atoms with Gasteiger partial charge in [-0.1, -0.05) is 25.5 Å². The molecule has 30 heavy (non-hydrogen) atoms. The zero-order chi connectivity index (χ0) is 21.4. The number of hydrogen-bond acceptors (Lipinski definition) is 5. The lowest BCUT2D eigenvalue weighted by Gasteiger charge is -2.23. The summed E-state index contributed by atoms with van der Waals surface area (Å²) in [5.74, 6) is -0.810.